The Morgan fingerprint density at radius 3 is 2.71 bits per heavy atom. The summed E-state index contributed by atoms with van der Waals surface area (Å²) in [6.07, 6.45) is 1.87. The normalized spacial score (nSPS) is 12.3. The van der Waals surface area contributed by atoms with Crippen LogP contribution < -0.4 is 5.32 Å². The first kappa shape index (κ1) is 22.0. The van der Waals surface area contributed by atoms with Gasteiger partial charge in [0, 0.05) is 9.78 Å². The van der Waals surface area contributed by atoms with Gasteiger partial charge < -0.3 is 5.32 Å². The minimum atomic E-state index is -0.0156. The molecular weight excluding hydrogens is 537 g/mol. The van der Waals surface area contributed by atoms with Crippen LogP contribution in [0.5, 0.6) is 0 Å². The summed E-state index contributed by atoms with van der Waals surface area (Å²) in [6.45, 7) is 1.99. The van der Waals surface area contributed by atoms with Gasteiger partial charge in [0.15, 0.2) is 4.34 Å². The summed E-state index contributed by atoms with van der Waals surface area (Å²) < 4.78 is 3.16. The summed E-state index contributed by atoms with van der Waals surface area (Å²) in [6, 6.07) is 24.2. The van der Waals surface area contributed by atoms with Crippen LogP contribution in [0.4, 0.5) is 5.69 Å². The number of halogens is 1. The zero-order chi connectivity index (χ0) is 21.6. The number of carbonyl (C=O) groups excluding carboxylic acids is 1. The van der Waals surface area contributed by atoms with Gasteiger partial charge in [-0.2, -0.15) is 0 Å². The Balaban J connectivity index is 1.36. The lowest BCUT2D eigenvalue weighted by Gasteiger charge is -2.13. The van der Waals surface area contributed by atoms with E-state index in [2.05, 4.69) is 62.1 Å². The van der Waals surface area contributed by atoms with Crippen molar-refractivity contribution < 1.29 is 4.79 Å². The number of hydrogen-bond acceptors (Lipinski definition) is 5. The Hall–Kier alpha value is -2.23. The summed E-state index contributed by atoms with van der Waals surface area (Å²) >= 11 is 5.34. The average molecular weight is 557 g/mol. The van der Waals surface area contributed by atoms with Crippen LogP contribution in [0.3, 0.4) is 0 Å². The molecule has 0 bridgehead atoms. The maximum Gasteiger partial charge on any atom is 0.230 e. The molecule has 4 nitrogen and oxygen atoms in total. The molecular formula is C24H20IN3OS2. The van der Waals surface area contributed by atoms with E-state index in [9.17, 15) is 4.79 Å². The van der Waals surface area contributed by atoms with Gasteiger partial charge in [-0.05, 0) is 71.0 Å². The molecule has 4 aromatic rings. The summed E-state index contributed by atoms with van der Waals surface area (Å²) in [7, 11) is 0. The molecule has 156 valence electrons. The lowest BCUT2D eigenvalue weighted by molar-refractivity contribution is -0.119. The van der Waals surface area contributed by atoms with E-state index >= 15 is 0 Å². The van der Waals surface area contributed by atoms with Gasteiger partial charge >= 0.3 is 0 Å². The van der Waals surface area contributed by atoms with Gasteiger partial charge in [0.25, 0.3) is 0 Å². The largest absolute Gasteiger partial charge is 0.349 e. The van der Waals surface area contributed by atoms with Gasteiger partial charge in [-0.1, -0.05) is 54.2 Å². The molecule has 0 saturated heterocycles. The second kappa shape index (κ2) is 10.4. The Bertz CT molecular complexity index is 1210. The van der Waals surface area contributed by atoms with Gasteiger partial charge in [-0.3, -0.25) is 9.79 Å². The van der Waals surface area contributed by atoms with E-state index in [-0.39, 0.29) is 11.9 Å². The van der Waals surface area contributed by atoms with E-state index in [0.29, 0.717) is 5.75 Å². The van der Waals surface area contributed by atoms with Crippen LogP contribution in [-0.2, 0) is 4.79 Å². The molecule has 0 aliphatic heterocycles. The minimum absolute atomic E-state index is 0.00317. The van der Waals surface area contributed by atoms with E-state index < -0.39 is 0 Å². The Morgan fingerprint density at radius 2 is 1.94 bits per heavy atom. The molecule has 0 aliphatic carbocycles. The number of carbonyl (C=O) groups is 1. The smallest absolute Gasteiger partial charge is 0.230 e. The lowest BCUT2D eigenvalue weighted by Crippen LogP contribution is -2.28. The van der Waals surface area contributed by atoms with Crippen LogP contribution in [0.1, 0.15) is 24.1 Å². The number of thiazole rings is 1. The van der Waals surface area contributed by atoms with Crippen molar-refractivity contribution in [3.05, 3.63) is 87.5 Å². The number of aromatic nitrogens is 1. The molecule has 3 aromatic carbocycles. The van der Waals surface area contributed by atoms with Crippen molar-refractivity contribution in [3.63, 3.8) is 0 Å². The van der Waals surface area contributed by atoms with E-state index in [1.807, 2.05) is 61.7 Å². The van der Waals surface area contributed by atoms with E-state index in [1.54, 1.807) is 11.3 Å². The second-order valence-electron chi connectivity index (χ2n) is 6.93. The third kappa shape index (κ3) is 6.15. The number of nitrogens with one attached hydrogen (secondary N) is 1. The first-order valence-electron chi connectivity index (χ1n) is 9.74. The number of fused-ring (bicyclic) bond motifs is 1. The van der Waals surface area contributed by atoms with Crippen molar-refractivity contribution in [1.82, 2.24) is 10.3 Å². The van der Waals surface area contributed by atoms with Crippen LogP contribution in [-0.4, -0.2) is 22.9 Å². The topological polar surface area (TPSA) is 54.4 Å². The number of aliphatic imine (C=N–C) groups is 1. The molecule has 0 unspecified atom stereocenters. The predicted octanol–water partition coefficient (Wildman–Crippen LogP) is 6.62. The molecule has 0 fully saturated rings. The Kier molecular flexibility index (Phi) is 7.37. The number of thioether (sulfide) groups is 1. The number of hydrogen-bond donors (Lipinski definition) is 1. The molecule has 31 heavy (non-hydrogen) atoms. The maximum absolute atomic E-state index is 12.3. The van der Waals surface area contributed by atoms with Crippen molar-refractivity contribution in [2.24, 2.45) is 4.99 Å². The zero-order valence-electron chi connectivity index (χ0n) is 16.8. The van der Waals surface area contributed by atoms with Crippen molar-refractivity contribution >= 4 is 73.7 Å². The highest BCUT2D eigenvalue weighted by molar-refractivity contribution is 14.1. The summed E-state index contributed by atoms with van der Waals surface area (Å²) in [5.41, 5.74) is 3.98. The van der Waals surface area contributed by atoms with Crippen LogP contribution in [0, 0.1) is 3.57 Å². The fourth-order valence-electron chi connectivity index (χ4n) is 2.97. The van der Waals surface area contributed by atoms with Crippen molar-refractivity contribution in [2.75, 3.05) is 5.75 Å². The molecule has 4 rings (SSSR count). The minimum Gasteiger partial charge on any atom is -0.349 e. The fourth-order valence-corrected chi connectivity index (χ4v) is 5.24. The van der Waals surface area contributed by atoms with E-state index in [4.69, 9.17) is 0 Å². The Labute approximate surface area is 203 Å². The standard InChI is InChI=1S/C24H20IN3OS2/c1-16(18-5-3-2-4-6-18)27-23(29)15-30-24-28-21-12-11-20(13-22(21)31-24)26-14-17-7-9-19(25)10-8-17/h2-14,16H,15H2,1H3,(H,27,29)/t16-/m0/s1. The van der Waals surface area contributed by atoms with Crippen molar-refractivity contribution in [2.45, 2.75) is 17.3 Å². The van der Waals surface area contributed by atoms with Gasteiger partial charge in [0.2, 0.25) is 5.91 Å². The first-order chi connectivity index (χ1) is 15.1. The third-order valence-electron chi connectivity index (χ3n) is 4.59. The summed E-state index contributed by atoms with van der Waals surface area (Å²) in [5, 5.41) is 3.04. The highest BCUT2D eigenvalue weighted by Crippen LogP contribution is 2.32. The summed E-state index contributed by atoms with van der Waals surface area (Å²) in [5.74, 6) is 0.345. The first-order valence-corrected chi connectivity index (χ1v) is 12.6. The van der Waals surface area contributed by atoms with E-state index in [0.717, 1.165) is 31.4 Å². The van der Waals surface area contributed by atoms with Crippen LogP contribution >= 0.6 is 45.7 Å². The molecule has 0 radical (unpaired) electrons. The molecule has 7 heteroatoms. The molecule has 0 aliphatic rings. The second-order valence-corrected chi connectivity index (χ2v) is 10.4. The van der Waals surface area contributed by atoms with Crippen molar-refractivity contribution in [1.29, 1.82) is 0 Å². The van der Waals surface area contributed by atoms with Crippen LogP contribution in [0.25, 0.3) is 10.2 Å². The van der Waals surface area contributed by atoms with Gasteiger partial charge in [-0.25, -0.2) is 4.98 Å². The fraction of sp³-hybridized carbons (Fsp3) is 0.125. The van der Waals surface area contributed by atoms with Crippen molar-refractivity contribution in [3.8, 4) is 0 Å². The van der Waals surface area contributed by atoms with Gasteiger partial charge in [-0.15, -0.1) is 11.3 Å². The monoisotopic (exact) mass is 557 g/mol. The number of rotatable bonds is 7. The number of benzene rings is 3. The van der Waals surface area contributed by atoms with Gasteiger partial charge in [0.1, 0.15) is 0 Å². The molecule has 1 aromatic heterocycles. The predicted molar refractivity (Wildman–Crippen MR) is 140 cm³/mol. The number of amides is 1. The molecule has 1 heterocycles. The number of nitrogens with zero attached hydrogens (tertiary/aromatic N) is 2. The third-order valence-corrected chi connectivity index (χ3v) is 7.47. The molecule has 0 spiro atoms. The molecule has 1 atom stereocenters. The van der Waals surface area contributed by atoms with Crippen LogP contribution in [0.15, 0.2) is 82.1 Å². The molecule has 1 amide bonds. The highest BCUT2D eigenvalue weighted by Gasteiger charge is 2.11. The summed E-state index contributed by atoms with van der Waals surface area (Å²) in [4.78, 5) is 21.6. The van der Waals surface area contributed by atoms with E-state index in [1.165, 1.54) is 15.3 Å². The zero-order valence-corrected chi connectivity index (χ0v) is 20.6. The average Bonchev–Trinajstić information content (AvgIpc) is 3.20. The molecule has 1 N–H and O–H groups in total. The SMILES string of the molecule is C[C@H](NC(=O)CSc1nc2ccc(N=Cc3ccc(I)cc3)cc2s1)c1ccccc1. The van der Waals surface area contributed by atoms with Crippen LogP contribution in [0.2, 0.25) is 0 Å². The lowest BCUT2D eigenvalue weighted by atomic mass is 10.1. The molecule has 0 saturated carbocycles. The quantitative estimate of drug-likeness (QED) is 0.158. The highest BCUT2D eigenvalue weighted by atomic mass is 127. The Morgan fingerprint density at radius 1 is 1.16 bits per heavy atom. The maximum atomic E-state index is 12.3. The van der Waals surface area contributed by atoms with Gasteiger partial charge in [0.05, 0.1) is 27.7 Å².